The van der Waals surface area contributed by atoms with Crippen molar-refractivity contribution in [2.75, 3.05) is 0 Å². The molecule has 0 bridgehead atoms. The average molecular weight is 265 g/mol. The summed E-state index contributed by atoms with van der Waals surface area (Å²) in [4.78, 5) is 3.51. The van der Waals surface area contributed by atoms with Crippen LogP contribution >= 0.6 is 0 Å². The van der Waals surface area contributed by atoms with E-state index >= 15 is 0 Å². The van der Waals surface area contributed by atoms with E-state index in [2.05, 4.69) is 55.2 Å². The van der Waals surface area contributed by atoms with E-state index in [0.29, 0.717) is 0 Å². The summed E-state index contributed by atoms with van der Waals surface area (Å²) in [5.74, 6) is 0. The second-order valence-corrected chi connectivity index (χ2v) is 5.86. The highest BCUT2D eigenvalue weighted by Gasteiger charge is 2.05. The molecule has 0 unspecified atom stereocenters. The molecule has 1 nitrogen and oxygen atoms in total. The smallest absolute Gasteiger partial charge is 0.0465 e. The standard InChI is InChI=1S/C19H23N/c1-3-4-5-6-7-15-9-11-19-17(13-15)16-12-14(2)8-10-18(16)20-19/h8-13,20H,3-7H2,1-2H3. The van der Waals surface area contributed by atoms with Gasteiger partial charge in [0.2, 0.25) is 0 Å². The SMILES string of the molecule is CCCCCCc1ccc2[nH]c3ccc(C)cc3c2c1. The van der Waals surface area contributed by atoms with E-state index in [9.17, 15) is 0 Å². The Bertz CT molecular complexity index is 721. The topological polar surface area (TPSA) is 15.8 Å². The van der Waals surface area contributed by atoms with Crippen LogP contribution in [-0.4, -0.2) is 4.98 Å². The molecule has 3 rings (SSSR count). The first-order valence-corrected chi connectivity index (χ1v) is 7.79. The summed E-state index contributed by atoms with van der Waals surface area (Å²) in [7, 11) is 0. The number of hydrogen-bond acceptors (Lipinski definition) is 0. The van der Waals surface area contributed by atoms with Crippen LogP contribution in [0.25, 0.3) is 21.8 Å². The third kappa shape index (κ3) is 2.58. The molecule has 0 fully saturated rings. The van der Waals surface area contributed by atoms with Crippen LogP contribution in [0.3, 0.4) is 0 Å². The van der Waals surface area contributed by atoms with Crippen LogP contribution in [0.5, 0.6) is 0 Å². The largest absolute Gasteiger partial charge is 0.355 e. The molecule has 0 saturated carbocycles. The highest BCUT2D eigenvalue weighted by atomic mass is 14.7. The van der Waals surface area contributed by atoms with E-state index < -0.39 is 0 Å². The van der Waals surface area contributed by atoms with Gasteiger partial charge in [0.25, 0.3) is 0 Å². The summed E-state index contributed by atoms with van der Waals surface area (Å²) >= 11 is 0. The highest BCUT2D eigenvalue weighted by molar-refractivity contribution is 6.07. The first-order valence-electron chi connectivity index (χ1n) is 7.79. The molecule has 1 N–H and O–H groups in total. The van der Waals surface area contributed by atoms with Gasteiger partial charge in [-0.15, -0.1) is 0 Å². The Morgan fingerprint density at radius 2 is 1.60 bits per heavy atom. The zero-order valence-corrected chi connectivity index (χ0v) is 12.5. The Kier molecular flexibility index (Phi) is 3.77. The lowest BCUT2D eigenvalue weighted by molar-refractivity contribution is 0.667. The van der Waals surface area contributed by atoms with Gasteiger partial charge in [-0.1, -0.05) is 43.9 Å². The molecule has 3 aromatic rings. The van der Waals surface area contributed by atoms with E-state index in [1.807, 2.05) is 0 Å². The van der Waals surface area contributed by atoms with Gasteiger partial charge in [-0.2, -0.15) is 0 Å². The molecule has 0 amide bonds. The number of aromatic amines is 1. The predicted molar refractivity (Wildman–Crippen MR) is 88.4 cm³/mol. The molecule has 1 heteroatoms. The van der Waals surface area contributed by atoms with Crippen LogP contribution in [0.15, 0.2) is 36.4 Å². The van der Waals surface area contributed by atoms with Crippen molar-refractivity contribution in [2.24, 2.45) is 0 Å². The summed E-state index contributed by atoms with van der Waals surface area (Å²) in [6.45, 7) is 4.42. The first-order chi connectivity index (χ1) is 9.78. The maximum atomic E-state index is 3.51. The Balaban J connectivity index is 1.92. The second-order valence-electron chi connectivity index (χ2n) is 5.86. The first kappa shape index (κ1) is 13.2. The second kappa shape index (κ2) is 5.70. The fraction of sp³-hybridized carbons (Fsp3) is 0.368. The zero-order valence-electron chi connectivity index (χ0n) is 12.5. The van der Waals surface area contributed by atoms with Crippen LogP contribution in [0.4, 0.5) is 0 Å². The molecular formula is C19H23N. The maximum Gasteiger partial charge on any atom is 0.0465 e. The van der Waals surface area contributed by atoms with E-state index in [4.69, 9.17) is 0 Å². The normalized spacial score (nSPS) is 11.5. The van der Waals surface area contributed by atoms with Gasteiger partial charge >= 0.3 is 0 Å². The molecule has 0 saturated heterocycles. The third-order valence-corrected chi connectivity index (χ3v) is 4.14. The number of benzene rings is 2. The lowest BCUT2D eigenvalue weighted by Crippen LogP contribution is -1.85. The van der Waals surface area contributed by atoms with Crippen LogP contribution in [0, 0.1) is 6.92 Å². The number of aromatic nitrogens is 1. The molecule has 0 spiro atoms. The van der Waals surface area contributed by atoms with Gasteiger partial charge in [-0.25, -0.2) is 0 Å². The minimum Gasteiger partial charge on any atom is -0.355 e. The number of fused-ring (bicyclic) bond motifs is 3. The molecule has 0 aliphatic rings. The molecular weight excluding hydrogens is 242 g/mol. The molecule has 0 aliphatic carbocycles. The summed E-state index contributed by atoms with van der Waals surface area (Å²) in [5, 5.41) is 2.73. The summed E-state index contributed by atoms with van der Waals surface area (Å²) in [5.41, 5.74) is 5.29. The molecule has 104 valence electrons. The number of nitrogens with one attached hydrogen (secondary N) is 1. The van der Waals surface area contributed by atoms with Crippen molar-refractivity contribution in [2.45, 2.75) is 46.0 Å². The number of rotatable bonds is 5. The molecule has 0 radical (unpaired) electrons. The van der Waals surface area contributed by atoms with Crippen LogP contribution in [0.1, 0.15) is 43.7 Å². The summed E-state index contributed by atoms with van der Waals surface area (Å²) < 4.78 is 0. The third-order valence-electron chi connectivity index (χ3n) is 4.14. The van der Waals surface area contributed by atoms with E-state index in [0.717, 1.165) is 0 Å². The molecule has 2 aromatic carbocycles. The van der Waals surface area contributed by atoms with Gasteiger partial charge < -0.3 is 4.98 Å². The Hall–Kier alpha value is -1.76. The Morgan fingerprint density at radius 3 is 2.40 bits per heavy atom. The fourth-order valence-corrected chi connectivity index (χ4v) is 2.97. The van der Waals surface area contributed by atoms with Gasteiger partial charge in [0.1, 0.15) is 0 Å². The van der Waals surface area contributed by atoms with Gasteiger partial charge in [0.15, 0.2) is 0 Å². The number of H-pyrrole nitrogens is 1. The lowest BCUT2D eigenvalue weighted by Gasteiger charge is -2.02. The highest BCUT2D eigenvalue weighted by Crippen LogP contribution is 2.27. The van der Waals surface area contributed by atoms with Crippen LogP contribution in [-0.2, 0) is 6.42 Å². The summed E-state index contributed by atoms with van der Waals surface area (Å²) in [6, 6.07) is 13.5. The molecule has 1 aromatic heterocycles. The molecule has 1 heterocycles. The van der Waals surface area contributed by atoms with E-state index in [-0.39, 0.29) is 0 Å². The maximum absolute atomic E-state index is 3.51. The average Bonchev–Trinajstić information content (AvgIpc) is 2.81. The van der Waals surface area contributed by atoms with E-state index in [1.54, 1.807) is 0 Å². The van der Waals surface area contributed by atoms with Gasteiger partial charge in [-0.3, -0.25) is 0 Å². The minimum absolute atomic E-state index is 1.20. The van der Waals surface area contributed by atoms with Gasteiger partial charge in [-0.05, 0) is 49.6 Å². The zero-order chi connectivity index (χ0) is 13.9. The fourth-order valence-electron chi connectivity index (χ4n) is 2.97. The number of aryl methyl sites for hydroxylation is 2. The van der Waals surface area contributed by atoms with Gasteiger partial charge in [0, 0.05) is 21.8 Å². The Morgan fingerprint density at radius 1 is 0.850 bits per heavy atom. The molecule has 0 aliphatic heterocycles. The quantitative estimate of drug-likeness (QED) is 0.565. The van der Waals surface area contributed by atoms with E-state index in [1.165, 1.54) is 65.0 Å². The lowest BCUT2D eigenvalue weighted by atomic mass is 10.0. The number of unbranched alkanes of at least 4 members (excludes halogenated alkanes) is 3. The molecule has 0 atom stereocenters. The van der Waals surface area contributed by atoms with Crippen molar-refractivity contribution in [1.82, 2.24) is 4.98 Å². The van der Waals surface area contributed by atoms with Crippen LogP contribution in [0.2, 0.25) is 0 Å². The van der Waals surface area contributed by atoms with Crippen molar-refractivity contribution >= 4 is 21.8 Å². The van der Waals surface area contributed by atoms with Crippen molar-refractivity contribution in [3.8, 4) is 0 Å². The monoisotopic (exact) mass is 265 g/mol. The summed E-state index contributed by atoms with van der Waals surface area (Å²) in [6.07, 6.45) is 6.52. The van der Waals surface area contributed by atoms with Crippen molar-refractivity contribution < 1.29 is 0 Å². The van der Waals surface area contributed by atoms with Crippen molar-refractivity contribution in [3.63, 3.8) is 0 Å². The van der Waals surface area contributed by atoms with Crippen molar-refractivity contribution in [3.05, 3.63) is 47.5 Å². The minimum atomic E-state index is 1.20. The van der Waals surface area contributed by atoms with Crippen LogP contribution < -0.4 is 0 Å². The number of hydrogen-bond donors (Lipinski definition) is 1. The van der Waals surface area contributed by atoms with Gasteiger partial charge in [0.05, 0.1) is 0 Å². The molecule has 20 heavy (non-hydrogen) atoms. The van der Waals surface area contributed by atoms with Crippen molar-refractivity contribution in [1.29, 1.82) is 0 Å². The Labute approximate surface area is 121 Å². The predicted octanol–water partition coefficient (Wildman–Crippen LogP) is 5.75.